The SMILES string of the molecule is CC(=O)Nc1nc(-c2ccc3nccn3c2)c(-c2cccc(C)n2)[nH]1. The molecule has 0 atom stereocenters. The van der Waals surface area contributed by atoms with Crippen LogP contribution in [0.15, 0.2) is 48.9 Å². The topological polar surface area (TPSA) is 88.0 Å². The highest BCUT2D eigenvalue weighted by Crippen LogP contribution is 2.30. The molecule has 4 heterocycles. The lowest BCUT2D eigenvalue weighted by molar-refractivity contribution is -0.114. The number of H-pyrrole nitrogens is 1. The van der Waals surface area contributed by atoms with Gasteiger partial charge < -0.3 is 9.38 Å². The van der Waals surface area contributed by atoms with Crippen molar-refractivity contribution >= 4 is 17.5 Å². The molecule has 7 nitrogen and oxygen atoms in total. The maximum absolute atomic E-state index is 11.4. The van der Waals surface area contributed by atoms with Crippen molar-refractivity contribution in [2.75, 3.05) is 5.32 Å². The van der Waals surface area contributed by atoms with Gasteiger partial charge in [0.2, 0.25) is 11.9 Å². The van der Waals surface area contributed by atoms with Crippen LogP contribution in [0.2, 0.25) is 0 Å². The highest BCUT2D eigenvalue weighted by atomic mass is 16.1. The Morgan fingerprint density at radius 1 is 1.20 bits per heavy atom. The van der Waals surface area contributed by atoms with Gasteiger partial charge in [-0.2, -0.15) is 0 Å². The predicted molar refractivity (Wildman–Crippen MR) is 95.0 cm³/mol. The fourth-order valence-electron chi connectivity index (χ4n) is 2.74. The Hall–Kier alpha value is -3.48. The molecule has 0 bridgehead atoms. The van der Waals surface area contributed by atoms with Crippen molar-refractivity contribution in [3.8, 4) is 22.6 Å². The number of imidazole rings is 2. The fourth-order valence-corrected chi connectivity index (χ4v) is 2.74. The van der Waals surface area contributed by atoms with Crippen LogP contribution in [0.5, 0.6) is 0 Å². The number of nitrogens with zero attached hydrogens (tertiary/aromatic N) is 4. The van der Waals surface area contributed by atoms with E-state index in [0.29, 0.717) is 5.95 Å². The van der Waals surface area contributed by atoms with Crippen LogP contribution < -0.4 is 5.32 Å². The van der Waals surface area contributed by atoms with Gasteiger partial charge in [-0.25, -0.2) is 9.97 Å². The van der Waals surface area contributed by atoms with Gasteiger partial charge >= 0.3 is 0 Å². The highest BCUT2D eigenvalue weighted by molar-refractivity contribution is 5.88. The molecular weight excluding hydrogens is 316 g/mol. The summed E-state index contributed by atoms with van der Waals surface area (Å²) in [5, 5.41) is 2.70. The third-order valence-corrected chi connectivity index (χ3v) is 3.80. The van der Waals surface area contributed by atoms with E-state index in [2.05, 4.69) is 25.3 Å². The molecule has 0 unspecified atom stereocenters. The second-order valence-electron chi connectivity index (χ2n) is 5.76. The zero-order chi connectivity index (χ0) is 17.4. The van der Waals surface area contributed by atoms with Crippen molar-refractivity contribution in [2.45, 2.75) is 13.8 Å². The van der Waals surface area contributed by atoms with Crippen LogP contribution in [0, 0.1) is 6.92 Å². The number of aromatic nitrogens is 5. The summed E-state index contributed by atoms with van der Waals surface area (Å²) in [6, 6.07) is 9.67. The number of aromatic amines is 1. The summed E-state index contributed by atoms with van der Waals surface area (Å²) >= 11 is 0. The molecule has 1 amide bonds. The zero-order valence-electron chi connectivity index (χ0n) is 13.8. The molecule has 0 aliphatic heterocycles. The van der Waals surface area contributed by atoms with Crippen molar-refractivity contribution in [1.82, 2.24) is 24.3 Å². The Morgan fingerprint density at radius 2 is 2.08 bits per heavy atom. The van der Waals surface area contributed by atoms with Gasteiger partial charge in [-0.3, -0.25) is 15.1 Å². The number of amides is 1. The Kier molecular flexibility index (Phi) is 3.53. The third kappa shape index (κ3) is 2.87. The van der Waals surface area contributed by atoms with Gasteiger partial charge in [0, 0.05) is 36.8 Å². The minimum absolute atomic E-state index is 0.186. The summed E-state index contributed by atoms with van der Waals surface area (Å²) in [4.78, 5) is 28.0. The van der Waals surface area contributed by atoms with Gasteiger partial charge in [0.25, 0.3) is 0 Å². The molecule has 0 saturated carbocycles. The van der Waals surface area contributed by atoms with Crippen LogP contribution in [-0.4, -0.2) is 30.2 Å². The first-order chi connectivity index (χ1) is 12.1. The number of anilines is 1. The van der Waals surface area contributed by atoms with Crippen LogP contribution in [0.1, 0.15) is 12.6 Å². The Labute approximate surface area is 143 Å². The van der Waals surface area contributed by atoms with Crippen LogP contribution in [-0.2, 0) is 4.79 Å². The van der Waals surface area contributed by atoms with E-state index in [1.54, 1.807) is 6.20 Å². The van der Waals surface area contributed by atoms with E-state index in [-0.39, 0.29) is 5.91 Å². The van der Waals surface area contributed by atoms with Crippen LogP contribution in [0.25, 0.3) is 28.3 Å². The molecule has 25 heavy (non-hydrogen) atoms. The standard InChI is InChI=1S/C18H16N6O/c1-11-4-3-5-14(20-11)17-16(22-18(23-17)21-12(2)25)13-6-7-15-19-8-9-24(15)10-13/h3-10H,1-2H3,(H2,21,22,23,25). The second kappa shape index (κ2) is 5.86. The quantitative estimate of drug-likeness (QED) is 0.603. The Balaban J connectivity index is 1.89. The number of hydrogen-bond donors (Lipinski definition) is 2. The molecule has 0 aliphatic carbocycles. The number of aryl methyl sites for hydroxylation is 1. The largest absolute Gasteiger partial charge is 0.322 e. The second-order valence-corrected chi connectivity index (χ2v) is 5.76. The van der Waals surface area contributed by atoms with Crippen molar-refractivity contribution in [3.63, 3.8) is 0 Å². The molecule has 4 rings (SSSR count). The van der Waals surface area contributed by atoms with Crippen molar-refractivity contribution in [3.05, 3.63) is 54.6 Å². The Morgan fingerprint density at radius 3 is 2.88 bits per heavy atom. The van der Waals surface area contributed by atoms with Crippen molar-refractivity contribution < 1.29 is 4.79 Å². The summed E-state index contributed by atoms with van der Waals surface area (Å²) < 4.78 is 1.93. The molecule has 124 valence electrons. The van der Waals surface area contributed by atoms with E-state index in [9.17, 15) is 4.79 Å². The molecule has 0 saturated heterocycles. The van der Waals surface area contributed by atoms with E-state index >= 15 is 0 Å². The average Bonchev–Trinajstić information content (AvgIpc) is 3.20. The van der Waals surface area contributed by atoms with Crippen molar-refractivity contribution in [2.24, 2.45) is 0 Å². The van der Waals surface area contributed by atoms with E-state index in [4.69, 9.17) is 0 Å². The minimum atomic E-state index is -0.186. The van der Waals surface area contributed by atoms with Gasteiger partial charge in [0.05, 0.1) is 11.4 Å². The molecule has 0 spiro atoms. The number of carbonyl (C=O) groups is 1. The number of fused-ring (bicyclic) bond motifs is 1. The molecule has 4 aromatic heterocycles. The molecule has 0 fully saturated rings. The predicted octanol–water partition coefficient (Wildman–Crippen LogP) is 3.05. The van der Waals surface area contributed by atoms with Gasteiger partial charge in [-0.1, -0.05) is 6.07 Å². The number of hydrogen-bond acceptors (Lipinski definition) is 4. The third-order valence-electron chi connectivity index (χ3n) is 3.80. The van der Waals surface area contributed by atoms with Gasteiger partial charge in [-0.15, -0.1) is 0 Å². The molecule has 0 aromatic carbocycles. The lowest BCUT2D eigenvalue weighted by Crippen LogP contribution is -2.07. The number of pyridine rings is 2. The highest BCUT2D eigenvalue weighted by Gasteiger charge is 2.16. The van der Waals surface area contributed by atoms with E-state index in [1.165, 1.54) is 6.92 Å². The first kappa shape index (κ1) is 15.1. The lowest BCUT2D eigenvalue weighted by Gasteiger charge is -2.04. The van der Waals surface area contributed by atoms with Crippen LogP contribution >= 0.6 is 0 Å². The van der Waals surface area contributed by atoms with Crippen LogP contribution in [0.3, 0.4) is 0 Å². The molecule has 2 N–H and O–H groups in total. The first-order valence-electron chi connectivity index (χ1n) is 7.85. The van der Waals surface area contributed by atoms with Crippen LogP contribution in [0.4, 0.5) is 5.95 Å². The number of rotatable bonds is 3. The van der Waals surface area contributed by atoms with E-state index in [1.807, 2.05) is 54.0 Å². The maximum atomic E-state index is 11.4. The zero-order valence-corrected chi connectivity index (χ0v) is 13.8. The summed E-state index contributed by atoms with van der Waals surface area (Å²) in [6.07, 6.45) is 5.58. The lowest BCUT2D eigenvalue weighted by atomic mass is 10.1. The fraction of sp³-hybridized carbons (Fsp3) is 0.111. The summed E-state index contributed by atoms with van der Waals surface area (Å²) in [7, 11) is 0. The van der Waals surface area contributed by atoms with E-state index in [0.717, 1.165) is 34.0 Å². The van der Waals surface area contributed by atoms with Gasteiger partial charge in [0.15, 0.2) is 0 Å². The number of nitrogens with one attached hydrogen (secondary N) is 2. The first-order valence-corrected chi connectivity index (χ1v) is 7.85. The summed E-state index contributed by atoms with van der Waals surface area (Å²) in [6.45, 7) is 3.39. The molecule has 4 aromatic rings. The Bertz CT molecular complexity index is 1080. The smallest absolute Gasteiger partial charge is 0.223 e. The van der Waals surface area contributed by atoms with E-state index < -0.39 is 0 Å². The monoisotopic (exact) mass is 332 g/mol. The molecule has 0 aliphatic rings. The minimum Gasteiger partial charge on any atom is -0.322 e. The normalized spacial score (nSPS) is 11.0. The average molecular weight is 332 g/mol. The number of carbonyl (C=O) groups excluding carboxylic acids is 1. The summed E-state index contributed by atoms with van der Waals surface area (Å²) in [5.41, 5.74) is 4.91. The van der Waals surface area contributed by atoms with Gasteiger partial charge in [-0.05, 0) is 31.2 Å². The maximum Gasteiger partial charge on any atom is 0.223 e. The van der Waals surface area contributed by atoms with Gasteiger partial charge in [0.1, 0.15) is 11.3 Å². The molecule has 0 radical (unpaired) electrons. The molecule has 7 heteroatoms. The van der Waals surface area contributed by atoms with Crippen molar-refractivity contribution in [1.29, 1.82) is 0 Å². The molecular formula is C18H16N6O. The summed E-state index contributed by atoms with van der Waals surface area (Å²) in [5.74, 6) is 0.209.